The lowest BCUT2D eigenvalue weighted by atomic mass is 10.2. The largest absolute Gasteiger partial charge is 0.378 e. The number of amides is 1. The molecule has 0 spiro atoms. The van der Waals surface area contributed by atoms with Crippen molar-refractivity contribution in [1.29, 1.82) is 0 Å². The Labute approximate surface area is 152 Å². The number of carbonyl (C=O) groups excluding carboxylic acids is 1. The fourth-order valence-corrected chi connectivity index (χ4v) is 3.24. The molecule has 2 aromatic rings. The summed E-state index contributed by atoms with van der Waals surface area (Å²) < 4.78 is 5.34. The van der Waals surface area contributed by atoms with Gasteiger partial charge in [0.1, 0.15) is 5.82 Å². The molecule has 2 aliphatic rings. The summed E-state index contributed by atoms with van der Waals surface area (Å²) in [4.78, 5) is 23.2. The number of rotatable bonds is 3. The maximum absolute atomic E-state index is 12.7. The standard InChI is InChI=1S/C18H22N6O2/c25-18(15-4-5-17(21-20-15)23-11-13-26-14-12-23)24-9-7-22(8-10-24)16-3-1-2-6-19-16/h1-6H,7-14H2. The molecule has 4 rings (SSSR count). The van der Waals surface area contributed by atoms with Gasteiger partial charge in [-0.3, -0.25) is 4.79 Å². The van der Waals surface area contributed by atoms with Gasteiger partial charge in [0, 0.05) is 45.5 Å². The number of ether oxygens (including phenoxy) is 1. The van der Waals surface area contributed by atoms with E-state index >= 15 is 0 Å². The first-order valence-electron chi connectivity index (χ1n) is 8.93. The van der Waals surface area contributed by atoms with Gasteiger partial charge < -0.3 is 19.4 Å². The number of anilines is 2. The molecular formula is C18H22N6O2. The van der Waals surface area contributed by atoms with Crippen LogP contribution in [0, 0.1) is 0 Å². The average molecular weight is 354 g/mol. The van der Waals surface area contributed by atoms with E-state index in [0.29, 0.717) is 32.0 Å². The molecular weight excluding hydrogens is 332 g/mol. The minimum atomic E-state index is -0.0632. The molecule has 26 heavy (non-hydrogen) atoms. The molecule has 0 aromatic carbocycles. The summed E-state index contributed by atoms with van der Waals surface area (Å²) in [6, 6.07) is 9.52. The molecule has 0 bridgehead atoms. The Morgan fingerprint density at radius 1 is 0.846 bits per heavy atom. The molecule has 2 fully saturated rings. The second kappa shape index (κ2) is 7.65. The second-order valence-corrected chi connectivity index (χ2v) is 6.34. The molecule has 0 atom stereocenters. The highest BCUT2D eigenvalue weighted by Gasteiger charge is 2.24. The lowest BCUT2D eigenvalue weighted by Crippen LogP contribution is -2.49. The van der Waals surface area contributed by atoms with Crippen LogP contribution < -0.4 is 9.80 Å². The highest BCUT2D eigenvalue weighted by Crippen LogP contribution is 2.15. The first kappa shape index (κ1) is 16.7. The van der Waals surface area contributed by atoms with Crippen LogP contribution in [0.3, 0.4) is 0 Å². The Morgan fingerprint density at radius 3 is 2.27 bits per heavy atom. The zero-order valence-corrected chi connectivity index (χ0v) is 14.6. The van der Waals surface area contributed by atoms with E-state index in [0.717, 1.165) is 37.8 Å². The maximum atomic E-state index is 12.7. The fourth-order valence-electron chi connectivity index (χ4n) is 3.24. The van der Waals surface area contributed by atoms with Crippen LogP contribution in [0.4, 0.5) is 11.6 Å². The third-order valence-electron chi connectivity index (χ3n) is 4.74. The molecule has 0 radical (unpaired) electrons. The van der Waals surface area contributed by atoms with E-state index in [9.17, 15) is 4.79 Å². The van der Waals surface area contributed by atoms with Crippen LogP contribution >= 0.6 is 0 Å². The second-order valence-electron chi connectivity index (χ2n) is 6.34. The minimum absolute atomic E-state index is 0.0632. The summed E-state index contributed by atoms with van der Waals surface area (Å²) in [5.41, 5.74) is 0.397. The van der Waals surface area contributed by atoms with Crippen LogP contribution in [0.5, 0.6) is 0 Å². The zero-order valence-electron chi connectivity index (χ0n) is 14.6. The van der Waals surface area contributed by atoms with Gasteiger partial charge in [-0.25, -0.2) is 4.98 Å². The van der Waals surface area contributed by atoms with Crippen molar-refractivity contribution in [2.24, 2.45) is 0 Å². The van der Waals surface area contributed by atoms with Gasteiger partial charge in [0.2, 0.25) is 0 Å². The quantitative estimate of drug-likeness (QED) is 0.802. The summed E-state index contributed by atoms with van der Waals surface area (Å²) in [6.07, 6.45) is 1.79. The van der Waals surface area contributed by atoms with Crippen molar-refractivity contribution < 1.29 is 9.53 Å². The molecule has 0 unspecified atom stereocenters. The number of morpholine rings is 1. The average Bonchev–Trinajstić information content (AvgIpc) is 2.75. The van der Waals surface area contributed by atoms with Crippen molar-refractivity contribution >= 4 is 17.5 Å². The van der Waals surface area contributed by atoms with E-state index in [1.54, 1.807) is 12.3 Å². The summed E-state index contributed by atoms with van der Waals surface area (Å²) >= 11 is 0. The smallest absolute Gasteiger partial charge is 0.274 e. The molecule has 8 heteroatoms. The molecule has 2 aromatic heterocycles. The normalized spacial score (nSPS) is 18.1. The molecule has 2 saturated heterocycles. The SMILES string of the molecule is O=C(c1ccc(N2CCOCC2)nn1)N1CCN(c2ccccn2)CC1. The number of hydrogen-bond donors (Lipinski definition) is 0. The Balaban J connectivity index is 1.36. The monoisotopic (exact) mass is 354 g/mol. The van der Waals surface area contributed by atoms with Crippen LogP contribution in [0.15, 0.2) is 36.5 Å². The van der Waals surface area contributed by atoms with Crippen molar-refractivity contribution in [3.63, 3.8) is 0 Å². The lowest BCUT2D eigenvalue weighted by Gasteiger charge is -2.35. The predicted molar refractivity (Wildman–Crippen MR) is 97.4 cm³/mol. The number of hydrogen-bond acceptors (Lipinski definition) is 7. The van der Waals surface area contributed by atoms with Gasteiger partial charge in [-0.15, -0.1) is 10.2 Å². The third-order valence-corrected chi connectivity index (χ3v) is 4.74. The first-order valence-corrected chi connectivity index (χ1v) is 8.93. The van der Waals surface area contributed by atoms with Crippen molar-refractivity contribution in [3.05, 3.63) is 42.2 Å². The van der Waals surface area contributed by atoms with Crippen molar-refractivity contribution in [2.45, 2.75) is 0 Å². The molecule has 0 N–H and O–H groups in total. The van der Waals surface area contributed by atoms with E-state index in [2.05, 4.69) is 25.0 Å². The first-order chi connectivity index (χ1) is 12.8. The van der Waals surface area contributed by atoms with Gasteiger partial charge in [-0.1, -0.05) is 6.07 Å². The van der Waals surface area contributed by atoms with E-state index < -0.39 is 0 Å². The Bertz CT molecular complexity index is 725. The molecule has 1 amide bonds. The van der Waals surface area contributed by atoms with E-state index in [1.807, 2.05) is 29.2 Å². The van der Waals surface area contributed by atoms with Crippen LogP contribution in [0.25, 0.3) is 0 Å². The van der Waals surface area contributed by atoms with Crippen LogP contribution in [-0.4, -0.2) is 78.5 Å². The highest BCUT2D eigenvalue weighted by atomic mass is 16.5. The number of pyridine rings is 1. The Morgan fingerprint density at radius 2 is 1.62 bits per heavy atom. The zero-order chi connectivity index (χ0) is 17.8. The maximum Gasteiger partial charge on any atom is 0.274 e. The van der Waals surface area contributed by atoms with Gasteiger partial charge in [0.05, 0.1) is 13.2 Å². The van der Waals surface area contributed by atoms with Crippen LogP contribution in [0.1, 0.15) is 10.5 Å². The summed E-state index contributed by atoms with van der Waals surface area (Å²) in [7, 11) is 0. The van der Waals surface area contributed by atoms with Gasteiger partial charge in [0.25, 0.3) is 5.91 Å². The van der Waals surface area contributed by atoms with Gasteiger partial charge in [-0.2, -0.15) is 0 Å². The Hall–Kier alpha value is -2.74. The minimum Gasteiger partial charge on any atom is -0.378 e. The topological polar surface area (TPSA) is 74.7 Å². The van der Waals surface area contributed by atoms with Crippen molar-refractivity contribution in [1.82, 2.24) is 20.1 Å². The fraction of sp³-hybridized carbons (Fsp3) is 0.444. The number of piperazine rings is 1. The van der Waals surface area contributed by atoms with Gasteiger partial charge >= 0.3 is 0 Å². The predicted octanol–water partition coefficient (Wildman–Crippen LogP) is 0.671. The summed E-state index contributed by atoms with van der Waals surface area (Å²) in [5.74, 6) is 1.69. The number of nitrogens with zero attached hydrogens (tertiary/aromatic N) is 6. The van der Waals surface area contributed by atoms with Gasteiger partial charge in [-0.05, 0) is 24.3 Å². The molecule has 0 saturated carbocycles. The summed E-state index contributed by atoms with van der Waals surface area (Å²) in [5, 5.41) is 8.39. The molecule has 0 aliphatic carbocycles. The number of aromatic nitrogens is 3. The molecule has 136 valence electrons. The number of carbonyl (C=O) groups is 1. The summed E-state index contributed by atoms with van der Waals surface area (Å²) in [6.45, 7) is 5.84. The van der Waals surface area contributed by atoms with E-state index in [4.69, 9.17) is 4.74 Å². The van der Waals surface area contributed by atoms with Gasteiger partial charge in [0.15, 0.2) is 11.5 Å². The van der Waals surface area contributed by atoms with Crippen LogP contribution in [0.2, 0.25) is 0 Å². The van der Waals surface area contributed by atoms with Crippen molar-refractivity contribution in [3.8, 4) is 0 Å². The van der Waals surface area contributed by atoms with Crippen LogP contribution in [-0.2, 0) is 4.74 Å². The van der Waals surface area contributed by atoms with E-state index in [-0.39, 0.29) is 5.91 Å². The third kappa shape index (κ3) is 3.60. The van der Waals surface area contributed by atoms with Crippen molar-refractivity contribution in [2.75, 3.05) is 62.3 Å². The molecule has 2 aliphatic heterocycles. The highest BCUT2D eigenvalue weighted by molar-refractivity contribution is 5.92. The Kier molecular flexibility index (Phi) is 4.92. The van der Waals surface area contributed by atoms with E-state index in [1.165, 1.54) is 0 Å². The lowest BCUT2D eigenvalue weighted by molar-refractivity contribution is 0.0739. The molecule has 4 heterocycles. The molecule has 8 nitrogen and oxygen atoms in total.